The molecule has 0 amide bonds. The average Bonchev–Trinajstić information content (AvgIpc) is 2.39. The molecule has 0 saturated heterocycles. The topological polar surface area (TPSA) is 21.3 Å². The minimum absolute atomic E-state index is 0.275. The van der Waals surface area contributed by atoms with Crippen LogP contribution in [-0.4, -0.2) is 7.11 Å². The van der Waals surface area contributed by atoms with Crippen molar-refractivity contribution in [1.29, 1.82) is 0 Å². The van der Waals surface area contributed by atoms with Crippen LogP contribution in [0.1, 0.15) is 5.56 Å². The van der Waals surface area contributed by atoms with E-state index >= 15 is 0 Å². The lowest BCUT2D eigenvalue weighted by molar-refractivity contribution is 0.384. The summed E-state index contributed by atoms with van der Waals surface area (Å²) in [6.45, 7) is 0.434. The first-order chi connectivity index (χ1) is 8.70. The molecular weight excluding hydrogens is 344 g/mol. The second-order valence-electron chi connectivity index (χ2n) is 3.79. The van der Waals surface area contributed by atoms with Gasteiger partial charge >= 0.3 is 0 Å². The Bertz CT molecular complexity index is 528. The van der Waals surface area contributed by atoms with E-state index in [1.54, 1.807) is 18.2 Å². The summed E-state index contributed by atoms with van der Waals surface area (Å²) in [7, 11) is 1.47. The zero-order valence-electron chi connectivity index (χ0n) is 9.91. The van der Waals surface area contributed by atoms with Gasteiger partial charge in [0.05, 0.1) is 7.11 Å². The van der Waals surface area contributed by atoms with Gasteiger partial charge < -0.3 is 10.1 Å². The van der Waals surface area contributed by atoms with Crippen LogP contribution in [0.4, 0.5) is 10.1 Å². The fourth-order valence-electron chi connectivity index (χ4n) is 1.62. The fourth-order valence-corrected chi connectivity index (χ4v) is 1.98. The van der Waals surface area contributed by atoms with E-state index in [0.717, 1.165) is 5.69 Å². The second kappa shape index (κ2) is 6.04. The molecule has 0 aliphatic rings. The molecule has 0 heterocycles. The van der Waals surface area contributed by atoms with Crippen molar-refractivity contribution in [1.82, 2.24) is 0 Å². The van der Waals surface area contributed by atoms with Crippen molar-refractivity contribution in [3.05, 3.63) is 57.4 Å². The lowest BCUT2D eigenvalue weighted by Crippen LogP contribution is -2.03. The minimum Gasteiger partial charge on any atom is -0.494 e. The highest BCUT2D eigenvalue weighted by atomic mass is 127. The summed E-state index contributed by atoms with van der Waals surface area (Å²) in [5.41, 5.74) is 1.56. The van der Waals surface area contributed by atoms with Crippen molar-refractivity contribution >= 4 is 28.3 Å². The quantitative estimate of drug-likeness (QED) is 0.834. The van der Waals surface area contributed by atoms with Crippen LogP contribution in [-0.2, 0) is 6.54 Å². The number of nitrogens with one attached hydrogen (secondary N) is 1. The van der Waals surface area contributed by atoms with Gasteiger partial charge in [-0.25, -0.2) is 4.39 Å². The predicted octanol–water partition coefficient (Wildman–Crippen LogP) is 4.05. The molecule has 0 radical (unpaired) electrons. The van der Waals surface area contributed by atoms with Gasteiger partial charge in [0.1, 0.15) is 0 Å². The maximum absolute atomic E-state index is 13.9. The van der Waals surface area contributed by atoms with E-state index in [0.29, 0.717) is 12.1 Å². The molecule has 2 aromatic carbocycles. The van der Waals surface area contributed by atoms with Crippen LogP contribution in [0.25, 0.3) is 0 Å². The number of benzene rings is 2. The van der Waals surface area contributed by atoms with Gasteiger partial charge in [-0.3, -0.25) is 0 Å². The van der Waals surface area contributed by atoms with Gasteiger partial charge in [-0.15, -0.1) is 0 Å². The number of rotatable bonds is 4. The molecule has 2 aromatic rings. The van der Waals surface area contributed by atoms with Gasteiger partial charge in [0.25, 0.3) is 0 Å². The molecule has 4 heteroatoms. The highest BCUT2D eigenvalue weighted by molar-refractivity contribution is 14.1. The Morgan fingerprint density at radius 3 is 2.56 bits per heavy atom. The molecule has 0 fully saturated rings. The van der Waals surface area contributed by atoms with E-state index in [9.17, 15) is 4.39 Å². The molecule has 0 atom stereocenters. The molecule has 18 heavy (non-hydrogen) atoms. The molecule has 0 saturated carbocycles. The first-order valence-corrected chi connectivity index (χ1v) is 6.59. The Labute approximate surface area is 119 Å². The van der Waals surface area contributed by atoms with E-state index in [-0.39, 0.29) is 11.6 Å². The van der Waals surface area contributed by atoms with Crippen LogP contribution in [0.5, 0.6) is 5.75 Å². The summed E-state index contributed by atoms with van der Waals surface area (Å²) in [4.78, 5) is 0. The van der Waals surface area contributed by atoms with Gasteiger partial charge in [-0.05, 0) is 52.9 Å². The van der Waals surface area contributed by atoms with Crippen molar-refractivity contribution in [2.24, 2.45) is 0 Å². The van der Waals surface area contributed by atoms with Gasteiger partial charge in [0, 0.05) is 21.4 Å². The number of halogens is 2. The molecule has 94 valence electrons. The van der Waals surface area contributed by atoms with Crippen LogP contribution in [0, 0.1) is 9.39 Å². The molecule has 0 aliphatic carbocycles. The first kappa shape index (κ1) is 13.1. The van der Waals surface area contributed by atoms with Gasteiger partial charge in [-0.2, -0.15) is 0 Å². The number of hydrogen-bond acceptors (Lipinski definition) is 2. The SMILES string of the molecule is COc1cccc(CNc2ccc(I)cc2)c1F. The molecular formula is C14H13FINO. The fraction of sp³-hybridized carbons (Fsp3) is 0.143. The first-order valence-electron chi connectivity index (χ1n) is 5.51. The van der Waals surface area contributed by atoms with E-state index in [4.69, 9.17) is 4.74 Å². The molecule has 0 spiro atoms. The summed E-state index contributed by atoms with van der Waals surface area (Å²) < 4.78 is 20.0. The third-order valence-electron chi connectivity index (χ3n) is 2.59. The number of methoxy groups -OCH3 is 1. The second-order valence-corrected chi connectivity index (χ2v) is 5.04. The van der Waals surface area contributed by atoms with Crippen molar-refractivity contribution < 1.29 is 9.13 Å². The summed E-state index contributed by atoms with van der Waals surface area (Å²) in [6, 6.07) is 13.1. The van der Waals surface area contributed by atoms with Gasteiger partial charge in [-0.1, -0.05) is 12.1 Å². The number of ether oxygens (including phenoxy) is 1. The lowest BCUT2D eigenvalue weighted by Gasteiger charge is -2.09. The Balaban J connectivity index is 2.08. The largest absolute Gasteiger partial charge is 0.494 e. The van der Waals surface area contributed by atoms with E-state index in [2.05, 4.69) is 27.9 Å². The molecule has 1 N–H and O–H groups in total. The summed E-state index contributed by atoms with van der Waals surface area (Å²) in [6.07, 6.45) is 0. The molecule has 2 nitrogen and oxygen atoms in total. The Hall–Kier alpha value is -1.30. The maximum atomic E-state index is 13.9. The van der Waals surface area contributed by atoms with E-state index < -0.39 is 0 Å². The van der Waals surface area contributed by atoms with Gasteiger partial charge in [0.2, 0.25) is 0 Å². The third-order valence-corrected chi connectivity index (χ3v) is 3.31. The minimum atomic E-state index is -0.307. The van der Waals surface area contributed by atoms with E-state index in [1.165, 1.54) is 10.7 Å². The average molecular weight is 357 g/mol. The van der Waals surface area contributed by atoms with Crippen molar-refractivity contribution in [2.45, 2.75) is 6.54 Å². The van der Waals surface area contributed by atoms with E-state index in [1.807, 2.05) is 24.3 Å². The van der Waals surface area contributed by atoms with Crippen LogP contribution >= 0.6 is 22.6 Å². The zero-order valence-corrected chi connectivity index (χ0v) is 12.1. The number of hydrogen-bond donors (Lipinski definition) is 1. The highest BCUT2D eigenvalue weighted by Crippen LogP contribution is 2.21. The zero-order chi connectivity index (χ0) is 13.0. The van der Waals surface area contributed by atoms with Crippen LogP contribution in [0.15, 0.2) is 42.5 Å². The molecule has 0 unspecified atom stereocenters. The van der Waals surface area contributed by atoms with Crippen LogP contribution < -0.4 is 10.1 Å². The van der Waals surface area contributed by atoms with Crippen molar-refractivity contribution in [2.75, 3.05) is 12.4 Å². The third kappa shape index (κ3) is 3.13. The van der Waals surface area contributed by atoms with Gasteiger partial charge in [0.15, 0.2) is 11.6 Å². The highest BCUT2D eigenvalue weighted by Gasteiger charge is 2.07. The molecule has 0 aliphatic heterocycles. The summed E-state index contributed by atoms with van der Waals surface area (Å²) in [5.74, 6) is -0.0325. The summed E-state index contributed by atoms with van der Waals surface area (Å²) >= 11 is 2.25. The smallest absolute Gasteiger partial charge is 0.170 e. The lowest BCUT2D eigenvalue weighted by atomic mass is 10.2. The predicted molar refractivity (Wildman–Crippen MR) is 79.4 cm³/mol. The Morgan fingerprint density at radius 1 is 1.17 bits per heavy atom. The van der Waals surface area contributed by atoms with Crippen molar-refractivity contribution in [3.8, 4) is 5.75 Å². The van der Waals surface area contributed by atoms with Crippen molar-refractivity contribution in [3.63, 3.8) is 0 Å². The van der Waals surface area contributed by atoms with Crippen LogP contribution in [0.3, 0.4) is 0 Å². The maximum Gasteiger partial charge on any atom is 0.170 e. The molecule has 0 bridgehead atoms. The number of anilines is 1. The summed E-state index contributed by atoms with van der Waals surface area (Å²) in [5, 5.41) is 3.18. The standard InChI is InChI=1S/C14H13FINO/c1-18-13-4-2-3-10(14(13)15)9-17-12-7-5-11(16)6-8-12/h2-8,17H,9H2,1H3. The normalized spacial score (nSPS) is 10.2. The van der Waals surface area contributed by atoms with Crippen LogP contribution in [0.2, 0.25) is 0 Å². The Kier molecular flexibility index (Phi) is 4.41. The molecule has 0 aromatic heterocycles. The monoisotopic (exact) mass is 357 g/mol. The molecule has 2 rings (SSSR count). The Morgan fingerprint density at radius 2 is 1.89 bits per heavy atom.